The Bertz CT molecular complexity index is 801. The summed E-state index contributed by atoms with van der Waals surface area (Å²) in [7, 11) is -2.75. The first-order valence-corrected chi connectivity index (χ1v) is 11.7. The quantitative estimate of drug-likeness (QED) is 0.379. The third-order valence-electron chi connectivity index (χ3n) is 4.97. The maximum atomic E-state index is 12.8. The molecule has 0 saturated carbocycles. The van der Waals surface area contributed by atoms with Gasteiger partial charge < -0.3 is 24.0 Å². The second-order valence-electron chi connectivity index (χ2n) is 7.27. The van der Waals surface area contributed by atoms with Crippen LogP contribution in [0.3, 0.4) is 0 Å². The Morgan fingerprint density at radius 2 is 1.77 bits per heavy atom. The SMILES string of the molecule is COP(=O)(O)C[C@H]1CC[C@@H](COC(=O)CCCC(=O)O)N1C(=O)OCc1ccccc1. The van der Waals surface area contributed by atoms with Gasteiger partial charge in [-0.3, -0.25) is 19.1 Å². The Labute approximate surface area is 180 Å². The van der Waals surface area contributed by atoms with E-state index in [1.165, 1.54) is 4.90 Å². The van der Waals surface area contributed by atoms with E-state index in [0.717, 1.165) is 12.7 Å². The molecule has 0 aliphatic carbocycles. The normalized spacial score (nSPS) is 20.1. The number of hydrogen-bond acceptors (Lipinski definition) is 7. The second-order valence-corrected chi connectivity index (χ2v) is 9.27. The van der Waals surface area contributed by atoms with Gasteiger partial charge in [0.15, 0.2) is 0 Å². The zero-order chi connectivity index (χ0) is 22.9. The molecule has 1 aromatic rings. The number of rotatable bonds is 11. The average molecular weight is 457 g/mol. The van der Waals surface area contributed by atoms with Gasteiger partial charge in [-0.05, 0) is 24.8 Å². The van der Waals surface area contributed by atoms with Crippen LogP contribution in [-0.2, 0) is 34.8 Å². The van der Waals surface area contributed by atoms with Crippen LogP contribution in [0.15, 0.2) is 30.3 Å². The number of carbonyl (C=O) groups excluding carboxylic acids is 2. The number of carboxylic acid groups (broad SMARTS) is 1. The minimum Gasteiger partial charge on any atom is -0.481 e. The molecule has 1 unspecified atom stereocenters. The van der Waals surface area contributed by atoms with Crippen LogP contribution in [0.1, 0.15) is 37.7 Å². The van der Waals surface area contributed by atoms with Crippen LogP contribution in [0.25, 0.3) is 0 Å². The Hall–Kier alpha value is -2.42. The van der Waals surface area contributed by atoms with Crippen molar-refractivity contribution < 1.29 is 42.9 Å². The number of hydrogen-bond donors (Lipinski definition) is 2. The van der Waals surface area contributed by atoms with E-state index in [4.69, 9.17) is 14.6 Å². The molecule has 1 heterocycles. The van der Waals surface area contributed by atoms with Crippen molar-refractivity contribution in [1.82, 2.24) is 4.90 Å². The minimum absolute atomic E-state index is 0.0334. The number of likely N-dealkylation sites (tertiary alicyclic amines) is 1. The fourth-order valence-electron chi connectivity index (χ4n) is 3.38. The topological polar surface area (TPSA) is 140 Å². The van der Waals surface area contributed by atoms with E-state index in [-0.39, 0.29) is 38.6 Å². The predicted octanol–water partition coefficient (Wildman–Crippen LogP) is 2.79. The van der Waals surface area contributed by atoms with E-state index >= 15 is 0 Å². The van der Waals surface area contributed by atoms with E-state index in [1.54, 1.807) is 12.1 Å². The van der Waals surface area contributed by atoms with Crippen LogP contribution >= 0.6 is 7.60 Å². The molecule has 1 saturated heterocycles. The number of amides is 1. The maximum absolute atomic E-state index is 12.8. The van der Waals surface area contributed by atoms with Gasteiger partial charge in [0.1, 0.15) is 13.2 Å². The lowest BCUT2D eigenvalue weighted by molar-refractivity contribution is -0.145. The zero-order valence-electron chi connectivity index (χ0n) is 17.3. The second kappa shape index (κ2) is 11.8. The molecule has 172 valence electrons. The first-order valence-electron chi connectivity index (χ1n) is 9.96. The number of esters is 1. The summed E-state index contributed by atoms with van der Waals surface area (Å²) in [5.74, 6) is -1.56. The van der Waals surface area contributed by atoms with Gasteiger partial charge in [-0.25, -0.2) is 4.79 Å². The van der Waals surface area contributed by atoms with E-state index in [2.05, 4.69) is 4.52 Å². The minimum atomic E-state index is -3.88. The van der Waals surface area contributed by atoms with E-state index in [9.17, 15) is 23.8 Å². The molecule has 0 radical (unpaired) electrons. The highest BCUT2D eigenvalue weighted by molar-refractivity contribution is 7.52. The molecule has 1 aliphatic rings. The molecule has 1 amide bonds. The van der Waals surface area contributed by atoms with Crippen LogP contribution in [-0.4, -0.2) is 64.9 Å². The molecule has 2 N–H and O–H groups in total. The average Bonchev–Trinajstić information content (AvgIpc) is 3.12. The molecule has 0 spiro atoms. The highest BCUT2D eigenvalue weighted by Gasteiger charge is 2.42. The molecule has 2 rings (SSSR count). The Balaban J connectivity index is 1.99. The van der Waals surface area contributed by atoms with E-state index in [1.807, 2.05) is 18.2 Å². The predicted molar refractivity (Wildman–Crippen MR) is 109 cm³/mol. The van der Waals surface area contributed by atoms with Gasteiger partial charge in [-0.2, -0.15) is 0 Å². The first kappa shape index (κ1) is 24.8. The lowest BCUT2D eigenvalue weighted by Gasteiger charge is -2.30. The monoisotopic (exact) mass is 457 g/mol. The van der Waals surface area contributed by atoms with Crippen LogP contribution in [0.4, 0.5) is 4.79 Å². The summed E-state index contributed by atoms with van der Waals surface area (Å²) in [6.07, 6.45) is -0.0713. The standard InChI is InChI=1S/C20H28NO9P/c1-28-31(26,27)14-17-11-10-16(13-29-19(24)9-5-8-18(22)23)21(17)20(25)30-12-15-6-3-2-4-7-15/h2-4,6-7,16-17H,5,8-14H2,1H3,(H,22,23)(H,26,27)/t16-,17+/m0/s1. The number of ether oxygens (including phenoxy) is 2. The largest absolute Gasteiger partial charge is 0.481 e. The highest BCUT2D eigenvalue weighted by Crippen LogP contribution is 2.44. The van der Waals surface area contributed by atoms with E-state index < -0.39 is 37.7 Å². The number of benzene rings is 1. The van der Waals surface area contributed by atoms with Gasteiger partial charge in [0.25, 0.3) is 0 Å². The van der Waals surface area contributed by atoms with Crippen LogP contribution < -0.4 is 0 Å². The lowest BCUT2D eigenvalue weighted by Crippen LogP contribution is -2.45. The molecule has 10 nitrogen and oxygen atoms in total. The van der Waals surface area contributed by atoms with E-state index in [0.29, 0.717) is 12.8 Å². The van der Waals surface area contributed by atoms with Crippen molar-refractivity contribution in [3.63, 3.8) is 0 Å². The van der Waals surface area contributed by atoms with Crippen molar-refractivity contribution in [2.75, 3.05) is 19.9 Å². The molecule has 0 aromatic heterocycles. The summed E-state index contributed by atoms with van der Waals surface area (Å²) in [6, 6.07) is 7.95. The maximum Gasteiger partial charge on any atom is 0.410 e. The molecule has 31 heavy (non-hydrogen) atoms. The summed E-state index contributed by atoms with van der Waals surface area (Å²) in [4.78, 5) is 46.4. The molecular formula is C20H28NO9P. The van der Waals surface area contributed by atoms with Gasteiger partial charge in [0, 0.05) is 26.0 Å². The number of nitrogens with zero attached hydrogens (tertiary/aromatic N) is 1. The molecular weight excluding hydrogens is 429 g/mol. The molecule has 11 heteroatoms. The third kappa shape index (κ3) is 8.32. The van der Waals surface area contributed by atoms with Crippen molar-refractivity contribution in [2.45, 2.75) is 50.8 Å². The summed E-state index contributed by atoms with van der Waals surface area (Å²) >= 11 is 0. The summed E-state index contributed by atoms with van der Waals surface area (Å²) in [5.41, 5.74) is 0.790. The Kier molecular flexibility index (Phi) is 9.48. The van der Waals surface area contributed by atoms with Gasteiger partial charge in [0.05, 0.1) is 12.2 Å². The molecule has 1 aliphatic heterocycles. The van der Waals surface area contributed by atoms with Crippen LogP contribution in [0.2, 0.25) is 0 Å². The number of carboxylic acids is 1. The molecule has 0 bridgehead atoms. The van der Waals surface area contributed by atoms with Gasteiger partial charge in [-0.15, -0.1) is 0 Å². The summed E-state index contributed by atoms with van der Waals surface area (Å²) in [5, 5.41) is 8.64. The molecule has 1 fully saturated rings. The zero-order valence-corrected chi connectivity index (χ0v) is 18.2. The van der Waals surface area contributed by atoms with Crippen molar-refractivity contribution in [3.8, 4) is 0 Å². The fourth-order valence-corrected chi connectivity index (χ4v) is 4.42. The Morgan fingerprint density at radius 3 is 2.42 bits per heavy atom. The number of aliphatic carboxylic acids is 1. The van der Waals surface area contributed by atoms with Gasteiger partial charge in [0.2, 0.25) is 0 Å². The summed E-state index contributed by atoms with van der Waals surface area (Å²) < 4.78 is 27.3. The number of carbonyl (C=O) groups is 3. The molecule has 3 atom stereocenters. The first-order chi connectivity index (χ1) is 14.7. The van der Waals surface area contributed by atoms with Crippen molar-refractivity contribution in [3.05, 3.63) is 35.9 Å². The Morgan fingerprint density at radius 1 is 1.10 bits per heavy atom. The van der Waals surface area contributed by atoms with Crippen molar-refractivity contribution >= 4 is 25.6 Å². The van der Waals surface area contributed by atoms with Crippen LogP contribution in [0.5, 0.6) is 0 Å². The smallest absolute Gasteiger partial charge is 0.410 e. The lowest BCUT2D eigenvalue weighted by atomic mass is 10.2. The van der Waals surface area contributed by atoms with Crippen LogP contribution in [0, 0.1) is 0 Å². The fraction of sp³-hybridized carbons (Fsp3) is 0.550. The summed E-state index contributed by atoms with van der Waals surface area (Å²) in [6.45, 7) is -0.0722. The molecule has 1 aromatic carbocycles. The van der Waals surface area contributed by atoms with Crippen molar-refractivity contribution in [1.29, 1.82) is 0 Å². The van der Waals surface area contributed by atoms with Gasteiger partial charge in [-0.1, -0.05) is 30.3 Å². The highest BCUT2D eigenvalue weighted by atomic mass is 31.2. The van der Waals surface area contributed by atoms with Crippen molar-refractivity contribution in [2.24, 2.45) is 0 Å². The van der Waals surface area contributed by atoms with Gasteiger partial charge >= 0.3 is 25.6 Å². The third-order valence-corrected chi connectivity index (χ3v) is 6.42.